The van der Waals surface area contributed by atoms with E-state index in [0.29, 0.717) is 0 Å². The molecular weight excluding hydrogens is 301 g/mol. The zero-order valence-corrected chi connectivity index (χ0v) is 8.73. The number of aliphatic hydroxyl groups excluding tert-OH is 2. The van der Waals surface area contributed by atoms with Crippen molar-refractivity contribution in [3.05, 3.63) is 0 Å². The Kier molecular flexibility index (Phi) is 6.75. The third-order valence-electron chi connectivity index (χ3n) is 0.856. The van der Waals surface area contributed by atoms with Crippen LogP contribution < -0.4 is 0 Å². The fourth-order valence-corrected chi connectivity index (χ4v) is 0.0500. The van der Waals surface area contributed by atoms with E-state index in [4.69, 9.17) is 10.2 Å². The summed E-state index contributed by atoms with van der Waals surface area (Å²) < 4.78 is 0. The first-order chi connectivity index (χ1) is 3.12. The zero-order valence-electron chi connectivity index (χ0n) is 5.26. The van der Waals surface area contributed by atoms with Crippen LogP contribution in [0.2, 0.25) is 0 Å². The second kappa shape index (κ2) is 4.66. The summed E-state index contributed by atoms with van der Waals surface area (Å²) >= 11 is 0. The monoisotopic (exact) mass is 313 g/mol. The van der Waals surface area contributed by atoms with E-state index in [1.165, 1.54) is 0 Å². The standard InChI is InChI=1S/C5H12O2.Bi/c1-5(2,3-6)4-7;/h6-7H,3-4H2,1-2H3;. The Bertz CT molecular complexity index is 48.4. The normalized spacial score (nSPS) is 10.5. The van der Waals surface area contributed by atoms with Crippen LogP contribution in [0.1, 0.15) is 13.8 Å². The van der Waals surface area contributed by atoms with Gasteiger partial charge in [0.25, 0.3) is 0 Å². The summed E-state index contributed by atoms with van der Waals surface area (Å²) in [6, 6.07) is 0. The topological polar surface area (TPSA) is 40.5 Å². The molecule has 0 atom stereocenters. The van der Waals surface area contributed by atoms with E-state index in [9.17, 15) is 0 Å². The van der Waals surface area contributed by atoms with Gasteiger partial charge in [0.1, 0.15) is 0 Å². The molecular formula is C5H12BiO2. The summed E-state index contributed by atoms with van der Waals surface area (Å²) in [6.45, 7) is 3.69. The van der Waals surface area contributed by atoms with Gasteiger partial charge >= 0.3 is 0 Å². The van der Waals surface area contributed by atoms with E-state index in [1.807, 2.05) is 0 Å². The number of rotatable bonds is 2. The van der Waals surface area contributed by atoms with E-state index in [1.54, 1.807) is 13.8 Å². The molecule has 0 unspecified atom stereocenters. The molecule has 0 saturated carbocycles. The molecule has 0 spiro atoms. The maximum absolute atomic E-state index is 8.43. The van der Waals surface area contributed by atoms with Gasteiger partial charge in [-0.2, -0.15) is 0 Å². The molecule has 49 valence electrons. The summed E-state index contributed by atoms with van der Waals surface area (Å²) in [7, 11) is 0. The van der Waals surface area contributed by atoms with Crippen LogP contribution in [-0.2, 0) is 0 Å². The van der Waals surface area contributed by atoms with Crippen molar-refractivity contribution in [1.82, 2.24) is 0 Å². The summed E-state index contributed by atoms with van der Waals surface area (Å²) in [4.78, 5) is 0. The minimum Gasteiger partial charge on any atom is -0.396 e. The van der Waals surface area contributed by atoms with Crippen molar-refractivity contribution in [2.75, 3.05) is 13.2 Å². The fraction of sp³-hybridized carbons (Fsp3) is 1.00. The SMILES string of the molecule is CC(C)(CO)CO.[Bi]. The molecule has 0 aromatic rings. The van der Waals surface area contributed by atoms with E-state index in [-0.39, 0.29) is 44.8 Å². The van der Waals surface area contributed by atoms with Gasteiger partial charge in [0.15, 0.2) is 0 Å². The molecule has 0 amide bonds. The predicted molar refractivity (Wildman–Crippen MR) is 33.7 cm³/mol. The Labute approximate surface area is 69.0 Å². The van der Waals surface area contributed by atoms with Crippen LogP contribution in [0.25, 0.3) is 0 Å². The molecule has 0 aromatic carbocycles. The van der Waals surface area contributed by atoms with E-state index < -0.39 is 0 Å². The van der Waals surface area contributed by atoms with Gasteiger partial charge < -0.3 is 10.2 Å². The molecule has 0 heterocycles. The molecule has 0 rings (SSSR count). The van der Waals surface area contributed by atoms with Gasteiger partial charge in [-0.25, -0.2) is 0 Å². The van der Waals surface area contributed by atoms with Gasteiger partial charge in [-0.15, -0.1) is 0 Å². The summed E-state index contributed by atoms with van der Waals surface area (Å²) in [5.41, 5.74) is -0.306. The van der Waals surface area contributed by atoms with Gasteiger partial charge in [-0.05, 0) is 0 Å². The molecule has 0 bridgehead atoms. The Balaban J connectivity index is 0. The smallest absolute Gasteiger partial charge is 0.0504 e. The van der Waals surface area contributed by atoms with Crippen LogP contribution >= 0.6 is 0 Å². The average molecular weight is 313 g/mol. The quantitative estimate of drug-likeness (QED) is 0.682. The van der Waals surface area contributed by atoms with Crippen molar-refractivity contribution >= 4 is 26.2 Å². The summed E-state index contributed by atoms with van der Waals surface area (Å²) in [5.74, 6) is 0. The van der Waals surface area contributed by atoms with E-state index in [0.717, 1.165) is 0 Å². The average Bonchev–Trinajstić information content (AvgIpc) is 1.68. The van der Waals surface area contributed by atoms with Gasteiger partial charge in [0, 0.05) is 31.6 Å². The minimum absolute atomic E-state index is 0. The Morgan fingerprint density at radius 3 is 1.38 bits per heavy atom. The van der Waals surface area contributed by atoms with Crippen LogP contribution in [0.4, 0.5) is 0 Å². The molecule has 3 heteroatoms. The molecule has 3 radical (unpaired) electrons. The van der Waals surface area contributed by atoms with Crippen molar-refractivity contribution in [3.8, 4) is 0 Å². The second-order valence-corrected chi connectivity index (χ2v) is 2.48. The third kappa shape index (κ3) is 4.95. The fourth-order valence-electron chi connectivity index (χ4n) is 0.0500. The molecule has 0 aliphatic carbocycles. The molecule has 0 aliphatic rings. The zero-order chi connectivity index (χ0) is 5.91. The van der Waals surface area contributed by atoms with Crippen molar-refractivity contribution in [3.63, 3.8) is 0 Å². The third-order valence-corrected chi connectivity index (χ3v) is 0.856. The molecule has 2 N–H and O–H groups in total. The molecule has 0 fully saturated rings. The Hall–Kier alpha value is 0.803. The van der Waals surface area contributed by atoms with Gasteiger partial charge in [0.2, 0.25) is 0 Å². The van der Waals surface area contributed by atoms with Gasteiger partial charge in [-0.3, -0.25) is 0 Å². The summed E-state index contributed by atoms with van der Waals surface area (Å²) in [6.07, 6.45) is 0. The van der Waals surface area contributed by atoms with Crippen LogP contribution in [0.15, 0.2) is 0 Å². The molecule has 0 aliphatic heterocycles. The first kappa shape index (κ1) is 11.6. The van der Waals surface area contributed by atoms with Crippen LogP contribution in [-0.4, -0.2) is 49.6 Å². The molecule has 2 nitrogen and oxygen atoms in total. The maximum atomic E-state index is 8.43. The number of hydrogen-bond donors (Lipinski definition) is 2. The van der Waals surface area contributed by atoms with Crippen LogP contribution in [0, 0.1) is 5.41 Å². The molecule has 0 saturated heterocycles. The van der Waals surface area contributed by atoms with Crippen molar-refractivity contribution in [2.24, 2.45) is 5.41 Å². The first-order valence-corrected chi connectivity index (χ1v) is 2.34. The predicted octanol–water partition coefficient (Wildman–Crippen LogP) is -0.384. The van der Waals surface area contributed by atoms with Gasteiger partial charge in [0.05, 0.1) is 13.2 Å². The second-order valence-electron chi connectivity index (χ2n) is 2.48. The van der Waals surface area contributed by atoms with Crippen molar-refractivity contribution in [2.45, 2.75) is 13.8 Å². The van der Waals surface area contributed by atoms with Crippen LogP contribution in [0.3, 0.4) is 0 Å². The molecule has 0 aromatic heterocycles. The van der Waals surface area contributed by atoms with E-state index >= 15 is 0 Å². The summed E-state index contributed by atoms with van der Waals surface area (Å²) in [5, 5.41) is 16.9. The minimum atomic E-state index is -0.306. The Morgan fingerprint density at radius 1 is 1.12 bits per heavy atom. The molecule has 8 heavy (non-hydrogen) atoms. The van der Waals surface area contributed by atoms with E-state index in [2.05, 4.69) is 0 Å². The van der Waals surface area contributed by atoms with Crippen molar-refractivity contribution in [1.29, 1.82) is 0 Å². The number of aliphatic hydroxyl groups is 2. The number of hydrogen-bond acceptors (Lipinski definition) is 2. The van der Waals surface area contributed by atoms with Gasteiger partial charge in [-0.1, -0.05) is 13.8 Å². The van der Waals surface area contributed by atoms with Crippen LogP contribution in [0.5, 0.6) is 0 Å². The van der Waals surface area contributed by atoms with Crippen molar-refractivity contribution < 1.29 is 10.2 Å². The first-order valence-electron chi connectivity index (χ1n) is 2.34. The largest absolute Gasteiger partial charge is 0.396 e. The Morgan fingerprint density at radius 2 is 1.38 bits per heavy atom. The maximum Gasteiger partial charge on any atom is 0.0504 e.